The van der Waals surface area contributed by atoms with Gasteiger partial charge in [-0.25, -0.2) is 9.50 Å². The van der Waals surface area contributed by atoms with Crippen LogP contribution in [0.5, 0.6) is 5.75 Å². The first-order valence-electron chi connectivity index (χ1n) is 10.7. The highest BCUT2D eigenvalue weighted by Crippen LogP contribution is 2.33. The van der Waals surface area contributed by atoms with Crippen LogP contribution in [0.4, 0.5) is 19.0 Å². The van der Waals surface area contributed by atoms with Gasteiger partial charge in [0.1, 0.15) is 29.8 Å². The van der Waals surface area contributed by atoms with Crippen molar-refractivity contribution in [2.45, 2.75) is 25.6 Å². The minimum Gasteiger partial charge on any atom is -0.487 e. The van der Waals surface area contributed by atoms with E-state index in [1.54, 1.807) is 35.0 Å². The van der Waals surface area contributed by atoms with E-state index in [4.69, 9.17) is 4.74 Å². The number of carbonyl (C=O) groups is 1. The Kier molecular flexibility index (Phi) is 5.56. The van der Waals surface area contributed by atoms with Crippen LogP contribution in [0.1, 0.15) is 29.8 Å². The second-order valence-electron chi connectivity index (χ2n) is 8.09. The lowest BCUT2D eigenvalue weighted by molar-refractivity contribution is -0.141. The second kappa shape index (κ2) is 8.72. The Morgan fingerprint density at radius 2 is 2.03 bits per heavy atom. The molecule has 1 saturated carbocycles. The lowest BCUT2D eigenvalue weighted by Gasteiger charge is -2.13. The maximum Gasteiger partial charge on any atom is 0.433 e. The number of fused-ring (bicyclic) bond motifs is 1. The van der Waals surface area contributed by atoms with E-state index in [-0.39, 0.29) is 29.7 Å². The van der Waals surface area contributed by atoms with Gasteiger partial charge < -0.3 is 10.1 Å². The molecule has 1 fully saturated rings. The summed E-state index contributed by atoms with van der Waals surface area (Å²) < 4.78 is 46.3. The molecular formula is C24H17F3N6O2. The number of rotatable bonds is 6. The Bertz CT molecular complexity index is 1470. The van der Waals surface area contributed by atoms with Gasteiger partial charge in [0.15, 0.2) is 5.82 Å². The largest absolute Gasteiger partial charge is 0.487 e. The fourth-order valence-electron chi connectivity index (χ4n) is 3.52. The Hall–Kier alpha value is -4.46. The number of amides is 1. The minimum atomic E-state index is -4.56. The number of aromatic nitrogens is 4. The van der Waals surface area contributed by atoms with Crippen molar-refractivity contribution in [3.63, 3.8) is 0 Å². The van der Waals surface area contributed by atoms with E-state index in [0.717, 1.165) is 25.1 Å². The highest BCUT2D eigenvalue weighted by molar-refractivity contribution is 5.93. The number of nitrogens with one attached hydrogen (secondary N) is 1. The molecule has 8 nitrogen and oxygen atoms in total. The van der Waals surface area contributed by atoms with Crippen LogP contribution in [-0.2, 0) is 17.6 Å². The van der Waals surface area contributed by atoms with E-state index in [9.17, 15) is 23.2 Å². The van der Waals surface area contributed by atoms with E-state index in [2.05, 4.69) is 20.4 Å². The van der Waals surface area contributed by atoms with Crippen LogP contribution < -0.4 is 10.1 Å². The maximum atomic E-state index is 13.0. The number of anilines is 1. The predicted octanol–water partition coefficient (Wildman–Crippen LogP) is 4.61. The lowest BCUT2D eigenvalue weighted by Crippen LogP contribution is -2.13. The molecule has 0 saturated heterocycles. The van der Waals surface area contributed by atoms with Crippen molar-refractivity contribution >= 4 is 17.2 Å². The Morgan fingerprint density at radius 3 is 2.77 bits per heavy atom. The molecule has 1 aliphatic rings. The molecule has 1 amide bonds. The highest BCUT2D eigenvalue weighted by atomic mass is 19.4. The standard InChI is InChI=1S/C24H17F3N6O2/c25-24(26,27)21-7-14(3-5-29-21)13-35-20-12-30-17(11-28)9-19(20)16-4-6-33-18(8-16)10-22(32-33)31-23(34)15-1-2-15/h3-10,12,15H,1-2,13H2,(H,31,32,34). The zero-order valence-corrected chi connectivity index (χ0v) is 18.1. The summed E-state index contributed by atoms with van der Waals surface area (Å²) in [5.74, 6) is 0.715. The normalized spacial score (nSPS) is 13.4. The van der Waals surface area contributed by atoms with E-state index in [1.165, 1.54) is 12.3 Å². The van der Waals surface area contributed by atoms with Crippen molar-refractivity contribution in [2.24, 2.45) is 5.92 Å². The molecule has 176 valence electrons. The zero-order valence-electron chi connectivity index (χ0n) is 18.1. The van der Waals surface area contributed by atoms with Crippen LogP contribution in [0.3, 0.4) is 0 Å². The van der Waals surface area contributed by atoms with E-state index < -0.39 is 11.9 Å². The second-order valence-corrected chi connectivity index (χ2v) is 8.09. The molecule has 0 spiro atoms. The number of halogens is 3. The summed E-state index contributed by atoms with van der Waals surface area (Å²) in [6, 6.07) is 11.2. The van der Waals surface area contributed by atoms with Crippen molar-refractivity contribution in [3.8, 4) is 22.9 Å². The first-order chi connectivity index (χ1) is 16.8. The minimum absolute atomic E-state index is 0.0453. The first-order valence-corrected chi connectivity index (χ1v) is 10.7. The Balaban J connectivity index is 1.43. The first kappa shape index (κ1) is 22.3. The summed E-state index contributed by atoms with van der Waals surface area (Å²) in [4.78, 5) is 19.4. The molecule has 0 aliphatic heterocycles. The molecule has 0 aromatic carbocycles. The number of nitrogens with zero attached hydrogens (tertiary/aromatic N) is 5. The summed E-state index contributed by atoms with van der Waals surface area (Å²) in [6.45, 7) is -0.154. The predicted molar refractivity (Wildman–Crippen MR) is 118 cm³/mol. The smallest absolute Gasteiger partial charge is 0.433 e. The number of carbonyl (C=O) groups excluding carboxylic acids is 1. The third kappa shape index (κ3) is 4.91. The molecule has 0 atom stereocenters. The average Bonchev–Trinajstić information content (AvgIpc) is 3.62. The van der Waals surface area contributed by atoms with Gasteiger partial charge in [-0.15, -0.1) is 0 Å². The average molecular weight is 478 g/mol. The van der Waals surface area contributed by atoms with Gasteiger partial charge in [0.05, 0.1) is 11.7 Å². The fraction of sp³-hybridized carbons (Fsp3) is 0.208. The Labute approximate surface area is 197 Å². The van der Waals surface area contributed by atoms with E-state index >= 15 is 0 Å². The summed E-state index contributed by atoms with van der Waals surface area (Å²) >= 11 is 0. The summed E-state index contributed by atoms with van der Waals surface area (Å²) in [7, 11) is 0. The van der Waals surface area contributed by atoms with Gasteiger partial charge in [-0.3, -0.25) is 9.78 Å². The van der Waals surface area contributed by atoms with Crippen molar-refractivity contribution < 1.29 is 22.7 Å². The van der Waals surface area contributed by atoms with E-state index in [1.807, 2.05) is 6.07 Å². The fourth-order valence-corrected chi connectivity index (χ4v) is 3.52. The van der Waals surface area contributed by atoms with Crippen LogP contribution in [-0.4, -0.2) is 25.5 Å². The molecule has 5 rings (SSSR count). The Morgan fingerprint density at radius 1 is 1.20 bits per heavy atom. The number of alkyl halides is 3. The van der Waals surface area contributed by atoms with E-state index in [0.29, 0.717) is 28.2 Å². The molecule has 0 unspecified atom stereocenters. The van der Waals surface area contributed by atoms with Crippen molar-refractivity contribution in [3.05, 3.63) is 71.9 Å². The molecule has 1 aliphatic carbocycles. The van der Waals surface area contributed by atoms with Gasteiger partial charge in [0.25, 0.3) is 0 Å². The molecule has 35 heavy (non-hydrogen) atoms. The maximum absolute atomic E-state index is 13.0. The third-order valence-electron chi connectivity index (χ3n) is 5.46. The van der Waals surface area contributed by atoms with Crippen LogP contribution in [0.15, 0.2) is 55.0 Å². The summed E-state index contributed by atoms with van der Waals surface area (Å²) in [6.07, 6.45) is 1.34. The lowest BCUT2D eigenvalue weighted by atomic mass is 10.1. The van der Waals surface area contributed by atoms with Crippen molar-refractivity contribution in [1.82, 2.24) is 19.6 Å². The number of nitriles is 1. The molecule has 4 aromatic rings. The van der Waals surface area contributed by atoms with Gasteiger partial charge in [0.2, 0.25) is 5.91 Å². The van der Waals surface area contributed by atoms with Gasteiger partial charge in [-0.2, -0.15) is 23.5 Å². The van der Waals surface area contributed by atoms with Gasteiger partial charge in [-0.05, 0) is 54.3 Å². The van der Waals surface area contributed by atoms with Crippen molar-refractivity contribution in [1.29, 1.82) is 5.26 Å². The monoisotopic (exact) mass is 478 g/mol. The molecule has 0 bridgehead atoms. The number of hydrogen-bond donors (Lipinski definition) is 1. The quantitative estimate of drug-likeness (QED) is 0.434. The van der Waals surface area contributed by atoms with Crippen molar-refractivity contribution in [2.75, 3.05) is 5.32 Å². The zero-order chi connectivity index (χ0) is 24.6. The number of ether oxygens (including phenoxy) is 1. The molecule has 4 heterocycles. The molecular weight excluding hydrogens is 461 g/mol. The third-order valence-corrected chi connectivity index (χ3v) is 5.46. The number of pyridine rings is 3. The molecule has 4 aromatic heterocycles. The van der Waals surface area contributed by atoms with Gasteiger partial charge in [0, 0.05) is 29.9 Å². The van der Waals surface area contributed by atoms with Gasteiger partial charge in [-0.1, -0.05) is 0 Å². The molecule has 1 N–H and O–H groups in total. The van der Waals surface area contributed by atoms with Crippen LogP contribution in [0.25, 0.3) is 16.6 Å². The molecule has 0 radical (unpaired) electrons. The topological polar surface area (TPSA) is 105 Å². The highest BCUT2D eigenvalue weighted by Gasteiger charge is 2.32. The van der Waals surface area contributed by atoms with Crippen LogP contribution in [0.2, 0.25) is 0 Å². The summed E-state index contributed by atoms with van der Waals surface area (Å²) in [5, 5.41) is 16.5. The van der Waals surface area contributed by atoms with Crippen LogP contribution >= 0.6 is 0 Å². The van der Waals surface area contributed by atoms with Gasteiger partial charge >= 0.3 is 6.18 Å². The van der Waals surface area contributed by atoms with Crippen LogP contribution in [0, 0.1) is 17.2 Å². The molecule has 11 heteroatoms. The number of hydrogen-bond acceptors (Lipinski definition) is 6. The summed E-state index contributed by atoms with van der Waals surface area (Å²) in [5.41, 5.74) is 1.34. The SMILES string of the molecule is N#Cc1cc(-c2ccn3nc(NC(=O)C4CC4)cc3c2)c(OCc2ccnc(C(F)(F)F)c2)cn1.